The first-order valence-electron chi connectivity index (χ1n) is 12.5. The van der Waals surface area contributed by atoms with Crippen molar-refractivity contribution < 1.29 is 9.53 Å². The highest BCUT2D eigenvalue weighted by Gasteiger charge is 2.67. The smallest absolute Gasteiger partial charge is 0.228 e. The molecule has 0 radical (unpaired) electrons. The number of para-hydroxylation sites is 1. The standard InChI is InChI=1S/C28H36N2O2/c1-26-14-13-20-17-19-9-10-22(30(2)3)18-27(19)15-16-28(20,32-27)24(26)12-11-23(26)25(31)29-21-7-5-4-6-8-21/h4-8,13,17,22-24H,9-12,14-16,18H2,1-3H3,(H,29,31)/t22-,23?,24-,26-,27-,28?/m1/s1. The van der Waals surface area contributed by atoms with E-state index in [1.54, 1.807) is 0 Å². The van der Waals surface area contributed by atoms with Crippen molar-refractivity contribution in [2.75, 3.05) is 19.4 Å². The van der Waals surface area contributed by atoms with Crippen LogP contribution in [-0.4, -0.2) is 42.1 Å². The van der Waals surface area contributed by atoms with E-state index in [9.17, 15) is 4.79 Å². The molecule has 4 heteroatoms. The molecule has 3 fully saturated rings. The summed E-state index contributed by atoms with van der Waals surface area (Å²) in [7, 11) is 4.42. The molecule has 2 aliphatic heterocycles. The number of hydrogen-bond acceptors (Lipinski definition) is 3. The second-order valence-electron chi connectivity index (χ2n) is 11.4. The van der Waals surface area contributed by atoms with Crippen LogP contribution in [0.25, 0.3) is 0 Å². The summed E-state index contributed by atoms with van der Waals surface area (Å²) in [6, 6.07) is 10.5. The molecule has 1 aromatic carbocycles. The summed E-state index contributed by atoms with van der Waals surface area (Å²) in [4.78, 5) is 15.8. The van der Waals surface area contributed by atoms with Gasteiger partial charge in [0.05, 0.1) is 11.2 Å². The van der Waals surface area contributed by atoms with E-state index in [0.29, 0.717) is 12.0 Å². The third-order valence-corrected chi connectivity index (χ3v) is 9.74. The summed E-state index contributed by atoms with van der Waals surface area (Å²) in [6.45, 7) is 2.36. The molecule has 4 nitrogen and oxygen atoms in total. The number of allylic oxidation sites excluding steroid dienone is 1. The molecule has 0 aromatic heterocycles. The first-order chi connectivity index (χ1) is 15.4. The van der Waals surface area contributed by atoms with E-state index < -0.39 is 0 Å². The highest BCUT2D eigenvalue weighted by Crippen LogP contribution is 2.67. The van der Waals surface area contributed by atoms with Crippen molar-refractivity contribution in [1.82, 2.24) is 4.90 Å². The Morgan fingerprint density at radius 3 is 2.72 bits per heavy atom. The molecule has 2 spiro atoms. The molecule has 1 aromatic rings. The third-order valence-electron chi connectivity index (χ3n) is 9.74. The highest BCUT2D eigenvalue weighted by atomic mass is 16.5. The van der Waals surface area contributed by atoms with Crippen LogP contribution in [0, 0.1) is 17.3 Å². The van der Waals surface area contributed by atoms with Crippen LogP contribution in [0.4, 0.5) is 5.69 Å². The van der Waals surface area contributed by atoms with Crippen LogP contribution < -0.4 is 5.32 Å². The van der Waals surface area contributed by atoms with Crippen LogP contribution in [0.3, 0.4) is 0 Å². The fourth-order valence-electron chi connectivity index (χ4n) is 8.00. The summed E-state index contributed by atoms with van der Waals surface area (Å²) < 4.78 is 7.29. The second-order valence-corrected chi connectivity index (χ2v) is 11.4. The van der Waals surface area contributed by atoms with E-state index in [0.717, 1.165) is 50.6 Å². The van der Waals surface area contributed by atoms with Crippen molar-refractivity contribution >= 4 is 11.6 Å². The molecule has 1 N–H and O–H groups in total. The number of anilines is 1. The molecule has 2 heterocycles. The maximum atomic E-state index is 13.4. The zero-order chi connectivity index (χ0) is 22.1. The molecule has 32 heavy (non-hydrogen) atoms. The number of benzene rings is 1. The zero-order valence-electron chi connectivity index (χ0n) is 19.7. The summed E-state index contributed by atoms with van der Waals surface area (Å²) in [5.41, 5.74) is 3.55. The molecule has 3 aliphatic carbocycles. The van der Waals surface area contributed by atoms with Crippen molar-refractivity contribution in [3.8, 4) is 0 Å². The molecule has 1 amide bonds. The Balaban J connectivity index is 1.31. The number of amides is 1. The van der Waals surface area contributed by atoms with Crippen LogP contribution in [0.15, 0.2) is 53.6 Å². The number of carbonyl (C=O) groups excluding carboxylic acids is 1. The average Bonchev–Trinajstić information content (AvgIpc) is 3.29. The molecular formula is C28H36N2O2. The number of nitrogens with zero attached hydrogens (tertiary/aromatic N) is 1. The van der Waals surface area contributed by atoms with E-state index in [1.165, 1.54) is 17.6 Å². The van der Waals surface area contributed by atoms with E-state index in [2.05, 4.69) is 43.4 Å². The SMILES string of the molecule is CN(C)[C@@H]1CCC2=CC3=CC[C@]4(C)C(C(=O)Nc5ccccc5)CC[C@H]4C34CC[C@]2(C1)O4. The molecule has 6 rings (SSSR count). The van der Waals surface area contributed by atoms with Crippen molar-refractivity contribution in [1.29, 1.82) is 0 Å². The molecule has 5 aliphatic rings. The van der Waals surface area contributed by atoms with Gasteiger partial charge in [0.2, 0.25) is 5.91 Å². The number of ether oxygens (including phenoxy) is 1. The average molecular weight is 433 g/mol. The van der Waals surface area contributed by atoms with E-state index >= 15 is 0 Å². The molecule has 6 atom stereocenters. The molecule has 1 saturated heterocycles. The van der Waals surface area contributed by atoms with Gasteiger partial charge >= 0.3 is 0 Å². The number of fused-ring (bicyclic) bond motifs is 1. The van der Waals surface area contributed by atoms with Crippen LogP contribution in [0.5, 0.6) is 0 Å². The van der Waals surface area contributed by atoms with Crippen LogP contribution in [-0.2, 0) is 9.53 Å². The van der Waals surface area contributed by atoms with Crippen molar-refractivity contribution in [3.05, 3.63) is 53.6 Å². The lowest BCUT2D eigenvalue weighted by Gasteiger charge is -2.54. The van der Waals surface area contributed by atoms with Gasteiger partial charge in [0, 0.05) is 17.6 Å². The topological polar surface area (TPSA) is 41.6 Å². The third kappa shape index (κ3) is 2.78. The maximum absolute atomic E-state index is 13.4. The van der Waals surface area contributed by atoms with E-state index in [-0.39, 0.29) is 28.4 Å². The largest absolute Gasteiger partial charge is 0.359 e. The van der Waals surface area contributed by atoms with Gasteiger partial charge in [-0.05, 0) is 100 Å². The molecular weight excluding hydrogens is 396 g/mol. The number of carbonyl (C=O) groups is 1. The van der Waals surface area contributed by atoms with Crippen LogP contribution in [0.1, 0.15) is 58.3 Å². The predicted octanol–water partition coefficient (Wildman–Crippen LogP) is 5.33. The van der Waals surface area contributed by atoms with Gasteiger partial charge in [0.1, 0.15) is 0 Å². The van der Waals surface area contributed by atoms with Gasteiger partial charge in [0.15, 0.2) is 0 Å². The van der Waals surface area contributed by atoms with Crippen molar-refractivity contribution in [3.63, 3.8) is 0 Å². The Morgan fingerprint density at radius 1 is 1.12 bits per heavy atom. The van der Waals surface area contributed by atoms with Gasteiger partial charge in [-0.15, -0.1) is 0 Å². The van der Waals surface area contributed by atoms with E-state index in [1.807, 2.05) is 30.3 Å². The fourth-order valence-corrected chi connectivity index (χ4v) is 8.00. The minimum Gasteiger partial charge on any atom is -0.359 e. The lowest BCUT2D eigenvalue weighted by atomic mass is 9.58. The summed E-state index contributed by atoms with van der Waals surface area (Å²) in [5, 5.41) is 3.20. The molecule has 2 saturated carbocycles. The first kappa shape index (κ1) is 20.7. The summed E-state index contributed by atoms with van der Waals surface area (Å²) >= 11 is 0. The zero-order valence-corrected chi connectivity index (χ0v) is 19.7. The maximum Gasteiger partial charge on any atom is 0.228 e. The highest BCUT2D eigenvalue weighted by molar-refractivity contribution is 5.93. The Labute approximate surface area is 192 Å². The van der Waals surface area contributed by atoms with E-state index in [4.69, 9.17) is 4.74 Å². The van der Waals surface area contributed by atoms with Crippen molar-refractivity contribution in [2.45, 2.75) is 75.5 Å². The van der Waals surface area contributed by atoms with Crippen LogP contribution >= 0.6 is 0 Å². The van der Waals surface area contributed by atoms with Gasteiger partial charge in [-0.2, -0.15) is 0 Å². The van der Waals surface area contributed by atoms with Gasteiger partial charge in [-0.1, -0.05) is 37.3 Å². The molecule has 2 unspecified atom stereocenters. The first-order valence-corrected chi connectivity index (χ1v) is 12.5. The normalized spacial score (nSPS) is 41.9. The Hall–Kier alpha value is -1.91. The number of hydrogen-bond donors (Lipinski definition) is 1. The quantitative estimate of drug-likeness (QED) is 0.702. The van der Waals surface area contributed by atoms with Crippen LogP contribution in [0.2, 0.25) is 0 Å². The molecule has 2 bridgehead atoms. The lowest BCUT2D eigenvalue weighted by Crippen LogP contribution is -2.55. The van der Waals surface area contributed by atoms with Crippen molar-refractivity contribution in [2.24, 2.45) is 17.3 Å². The fraction of sp³-hybridized carbons (Fsp3) is 0.607. The van der Waals surface area contributed by atoms with Gasteiger partial charge in [-0.3, -0.25) is 4.79 Å². The van der Waals surface area contributed by atoms with Gasteiger partial charge < -0.3 is 15.0 Å². The predicted molar refractivity (Wildman–Crippen MR) is 127 cm³/mol. The Bertz CT molecular complexity index is 998. The second kappa shape index (κ2) is 7.04. The van der Waals surface area contributed by atoms with Gasteiger partial charge in [0.25, 0.3) is 0 Å². The minimum absolute atomic E-state index is 0.0336. The molecule has 170 valence electrons. The summed E-state index contributed by atoms with van der Waals surface area (Å²) in [5.74, 6) is 0.629. The van der Waals surface area contributed by atoms with Gasteiger partial charge in [-0.25, -0.2) is 0 Å². The Kier molecular flexibility index (Phi) is 4.55. The number of nitrogens with one attached hydrogen (secondary N) is 1. The minimum atomic E-state index is -0.188. The monoisotopic (exact) mass is 432 g/mol. The Morgan fingerprint density at radius 2 is 1.94 bits per heavy atom. The number of rotatable bonds is 3. The summed E-state index contributed by atoms with van der Waals surface area (Å²) in [6.07, 6.45) is 13.7. The lowest BCUT2D eigenvalue weighted by molar-refractivity contribution is -0.146.